The summed E-state index contributed by atoms with van der Waals surface area (Å²) in [6.45, 7) is 5.92. The van der Waals surface area contributed by atoms with Crippen LogP contribution in [-0.4, -0.2) is 5.78 Å². The lowest BCUT2D eigenvalue weighted by atomic mass is 9.95. The van der Waals surface area contributed by atoms with Gasteiger partial charge in [-0.15, -0.1) is 0 Å². The molecule has 92 valence electrons. The number of nitrogen functional groups attached to an aromatic ring is 1. The molecule has 0 spiro atoms. The fourth-order valence-corrected chi connectivity index (χ4v) is 2.01. The standard InChI is InChI=1S/C16H17NO/c1-10-6-4-5-7-13(10)16(18)14-8-11(2)12(3)9-15(14)17/h4-9H,17H2,1-3H3. The zero-order valence-corrected chi connectivity index (χ0v) is 10.9. The Morgan fingerprint density at radius 1 is 0.889 bits per heavy atom. The van der Waals surface area contributed by atoms with Crippen molar-refractivity contribution in [2.45, 2.75) is 20.8 Å². The zero-order chi connectivity index (χ0) is 13.3. The average Bonchev–Trinajstić information content (AvgIpc) is 2.33. The Labute approximate surface area is 107 Å². The van der Waals surface area contributed by atoms with Crippen LogP contribution in [0.25, 0.3) is 0 Å². The Bertz CT molecular complexity index is 614. The fourth-order valence-electron chi connectivity index (χ4n) is 2.01. The maximum absolute atomic E-state index is 12.5. The van der Waals surface area contributed by atoms with Crippen LogP contribution in [0.4, 0.5) is 5.69 Å². The lowest BCUT2D eigenvalue weighted by Crippen LogP contribution is -2.08. The van der Waals surface area contributed by atoms with E-state index in [2.05, 4.69) is 0 Å². The van der Waals surface area contributed by atoms with Crippen molar-refractivity contribution in [2.75, 3.05) is 5.73 Å². The first-order valence-electron chi connectivity index (χ1n) is 5.97. The lowest BCUT2D eigenvalue weighted by Gasteiger charge is -2.10. The van der Waals surface area contributed by atoms with Gasteiger partial charge in [-0.2, -0.15) is 0 Å². The van der Waals surface area contributed by atoms with Crippen molar-refractivity contribution in [1.29, 1.82) is 0 Å². The highest BCUT2D eigenvalue weighted by Crippen LogP contribution is 2.22. The third-order valence-corrected chi connectivity index (χ3v) is 3.30. The van der Waals surface area contributed by atoms with E-state index in [9.17, 15) is 4.79 Å². The number of carbonyl (C=O) groups excluding carboxylic acids is 1. The second-order valence-electron chi connectivity index (χ2n) is 4.67. The first-order valence-corrected chi connectivity index (χ1v) is 5.97. The number of benzene rings is 2. The molecular formula is C16H17NO. The van der Waals surface area contributed by atoms with E-state index in [-0.39, 0.29) is 5.78 Å². The number of carbonyl (C=O) groups is 1. The van der Waals surface area contributed by atoms with Gasteiger partial charge in [0, 0.05) is 16.8 Å². The highest BCUT2D eigenvalue weighted by atomic mass is 16.1. The monoisotopic (exact) mass is 239 g/mol. The van der Waals surface area contributed by atoms with Crippen molar-refractivity contribution in [1.82, 2.24) is 0 Å². The van der Waals surface area contributed by atoms with Crippen molar-refractivity contribution >= 4 is 11.5 Å². The number of aryl methyl sites for hydroxylation is 3. The summed E-state index contributed by atoms with van der Waals surface area (Å²) in [5, 5.41) is 0. The normalized spacial score (nSPS) is 10.4. The molecule has 2 rings (SSSR count). The lowest BCUT2D eigenvalue weighted by molar-refractivity contribution is 0.103. The predicted octanol–water partition coefficient (Wildman–Crippen LogP) is 3.43. The molecule has 18 heavy (non-hydrogen) atoms. The third-order valence-electron chi connectivity index (χ3n) is 3.30. The Morgan fingerprint density at radius 3 is 2.17 bits per heavy atom. The smallest absolute Gasteiger partial charge is 0.195 e. The molecule has 2 nitrogen and oxygen atoms in total. The summed E-state index contributed by atoms with van der Waals surface area (Å²) in [4.78, 5) is 12.5. The number of nitrogens with two attached hydrogens (primary N) is 1. The summed E-state index contributed by atoms with van der Waals surface area (Å²) in [5.41, 5.74) is 11.0. The topological polar surface area (TPSA) is 43.1 Å². The van der Waals surface area contributed by atoms with E-state index < -0.39 is 0 Å². The van der Waals surface area contributed by atoms with Crippen molar-refractivity contribution in [3.8, 4) is 0 Å². The summed E-state index contributed by atoms with van der Waals surface area (Å²) in [6, 6.07) is 11.3. The van der Waals surface area contributed by atoms with E-state index in [1.54, 1.807) is 0 Å². The summed E-state index contributed by atoms with van der Waals surface area (Å²) in [6.07, 6.45) is 0. The molecule has 0 heterocycles. The minimum atomic E-state index is -0.00583. The number of hydrogen-bond acceptors (Lipinski definition) is 2. The van der Waals surface area contributed by atoms with Crippen molar-refractivity contribution in [3.63, 3.8) is 0 Å². The molecule has 0 unspecified atom stereocenters. The molecule has 0 saturated carbocycles. The van der Waals surface area contributed by atoms with Gasteiger partial charge in [0.2, 0.25) is 0 Å². The van der Waals surface area contributed by atoms with Crippen molar-refractivity contribution in [2.24, 2.45) is 0 Å². The van der Waals surface area contributed by atoms with Crippen LogP contribution in [0.2, 0.25) is 0 Å². The van der Waals surface area contributed by atoms with Gasteiger partial charge < -0.3 is 5.73 Å². The Morgan fingerprint density at radius 2 is 1.50 bits per heavy atom. The van der Waals surface area contributed by atoms with Gasteiger partial charge in [0.05, 0.1) is 0 Å². The SMILES string of the molecule is Cc1cc(N)c(C(=O)c2ccccc2C)cc1C. The maximum Gasteiger partial charge on any atom is 0.195 e. The highest BCUT2D eigenvalue weighted by molar-refractivity contribution is 6.13. The molecule has 0 aliphatic heterocycles. The molecule has 0 saturated heterocycles. The predicted molar refractivity (Wildman–Crippen MR) is 74.9 cm³/mol. The number of hydrogen-bond donors (Lipinski definition) is 1. The fraction of sp³-hybridized carbons (Fsp3) is 0.188. The van der Waals surface area contributed by atoms with Crippen LogP contribution in [-0.2, 0) is 0 Å². The highest BCUT2D eigenvalue weighted by Gasteiger charge is 2.15. The molecule has 2 aromatic rings. The largest absolute Gasteiger partial charge is 0.398 e. The summed E-state index contributed by atoms with van der Waals surface area (Å²) < 4.78 is 0. The summed E-state index contributed by atoms with van der Waals surface area (Å²) in [5.74, 6) is -0.00583. The molecule has 0 radical (unpaired) electrons. The van der Waals surface area contributed by atoms with E-state index in [0.717, 1.165) is 16.7 Å². The minimum Gasteiger partial charge on any atom is -0.398 e. The second kappa shape index (κ2) is 4.65. The molecule has 0 aliphatic carbocycles. The van der Waals surface area contributed by atoms with Crippen LogP contribution in [0, 0.1) is 20.8 Å². The number of rotatable bonds is 2. The van der Waals surface area contributed by atoms with E-state index in [1.807, 2.05) is 57.2 Å². The summed E-state index contributed by atoms with van der Waals surface area (Å²) >= 11 is 0. The van der Waals surface area contributed by atoms with Crippen LogP contribution < -0.4 is 5.73 Å². The maximum atomic E-state index is 12.5. The van der Waals surface area contributed by atoms with Crippen molar-refractivity contribution in [3.05, 3.63) is 64.2 Å². The first kappa shape index (κ1) is 12.4. The molecular weight excluding hydrogens is 222 g/mol. The molecule has 0 fully saturated rings. The molecule has 0 atom stereocenters. The minimum absolute atomic E-state index is 0.00583. The molecule has 0 bridgehead atoms. The molecule has 0 aromatic heterocycles. The molecule has 2 aromatic carbocycles. The van der Waals surface area contributed by atoms with Crippen LogP contribution in [0.5, 0.6) is 0 Å². The van der Waals surface area contributed by atoms with Gasteiger partial charge in [0.25, 0.3) is 0 Å². The van der Waals surface area contributed by atoms with Crippen LogP contribution in [0.1, 0.15) is 32.6 Å². The number of anilines is 1. The van der Waals surface area contributed by atoms with Gasteiger partial charge >= 0.3 is 0 Å². The van der Waals surface area contributed by atoms with Gasteiger partial charge in [-0.25, -0.2) is 0 Å². The average molecular weight is 239 g/mol. The second-order valence-corrected chi connectivity index (χ2v) is 4.67. The quantitative estimate of drug-likeness (QED) is 0.644. The van der Waals surface area contributed by atoms with Gasteiger partial charge in [-0.05, 0) is 49.6 Å². The third kappa shape index (κ3) is 2.14. The number of ketones is 1. The van der Waals surface area contributed by atoms with E-state index in [1.165, 1.54) is 0 Å². The van der Waals surface area contributed by atoms with E-state index in [4.69, 9.17) is 5.73 Å². The first-order chi connectivity index (χ1) is 8.50. The molecule has 2 N–H and O–H groups in total. The van der Waals surface area contributed by atoms with E-state index >= 15 is 0 Å². The molecule has 0 amide bonds. The Balaban J connectivity index is 2.53. The van der Waals surface area contributed by atoms with Crippen LogP contribution in [0.3, 0.4) is 0 Å². The van der Waals surface area contributed by atoms with Gasteiger partial charge in [-0.1, -0.05) is 24.3 Å². The summed E-state index contributed by atoms with van der Waals surface area (Å²) in [7, 11) is 0. The van der Waals surface area contributed by atoms with Crippen LogP contribution in [0.15, 0.2) is 36.4 Å². The Kier molecular flexibility index (Phi) is 3.19. The Hall–Kier alpha value is -2.09. The molecule has 0 aliphatic rings. The zero-order valence-electron chi connectivity index (χ0n) is 10.9. The van der Waals surface area contributed by atoms with Crippen LogP contribution >= 0.6 is 0 Å². The van der Waals surface area contributed by atoms with Gasteiger partial charge in [-0.3, -0.25) is 4.79 Å². The van der Waals surface area contributed by atoms with Crippen molar-refractivity contribution < 1.29 is 4.79 Å². The molecule has 2 heteroatoms. The van der Waals surface area contributed by atoms with E-state index in [0.29, 0.717) is 16.8 Å². The van der Waals surface area contributed by atoms with Gasteiger partial charge in [0.15, 0.2) is 5.78 Å². The van der Waals surface area contributed by atoms with Gasteiger partial charge in [0.1, 0.15) is 0 Å².